The van der Waals surface area contributed by atoms with Gasteiger partial charge in [0, 0.05) is 24.8 Å². The van der Waals surface area contributed by atoms with Crippen molar-refractivity contribution in [3.8, 4) is 0 Å². The van der Waals surface area contributed by atoms with Crippen LogP contribution in [0.5, 0.6) is 0 Å². The fraction of sp³-hybridized carbons (Fsp3) is 0.154. The molecule has 2 aromatic rings. The molecule has 0 radical (unpaired) electrons. The second-order valence-corrected chi connectivity index (χ2v) is 7.29. The Morgan fingerprint density at radius 2 is 1.81 bits per heavy atom. The summed E-state index contributed by atoms with van der Waals surface area (Å²) in [5.41, 5.74) is 0.261. The zero-order valence-electron chi connectivity index (χ0n) is 11.0. The molecule has 0 saturated carbocycles. The highest BCUT2D eigenvalue weighted by Crippen LogP contribution is 2.18. The molecule has 1 N–H and O–H groups in total. The second-order valence-electron chi connectivity index (χ2n) is 4.40. The van der Waals surface area contributed by atoms with Crippen LogP contribution in [0.1, 0.15) is 5.56 Å². The van der Waals surface area contributed by atoms with Gasteiger partial charge >= 0.3 is 0 Å². The van der Waals surface area contributed by atoms with E-state index in [1.807, 2.05) is 0 Å². The molecule has 0 bridgehead atoms. The first kappa shape index (κ1) is 16.0. The number of aromatic amines is 1. The van der Waals surface area contributed by atoms with E-state index in [4.69, 9.17) is 23.2 Å². The lowest BCUT2D eigenvalue weighted by Crippen LogP contribution is -2.27. The van der Waals surface area contributed by atoms with Gasteiger partial charge in [0.05, 0.1) is 4.90 Å². The third-order valence-electron chi connectivity index (χ3n) is 2.86. The van der Waals surface area contributed by atoms with Gasteiger partial charge in [0.25, 0.3) is 5.56 Å². The number of pyridine rings is 1. The van der Waals surface area contributed by atoms with Crippen LogP contribution in [-0.2, 0) is 16.6 Å². The maximum Gasteiger partial charge on any atom is 0.266 e. The summed E-state index contributed by atoms with van der Waals surface area (Å²) in [4.78, 5) is 13.4. The van der Waals surface area contributed by atoms with Gasteiger partial charge < -0.3 is 4.98 Å². The quantitative estimate of drug-likeness (QED) is 0.924. The van der Waals surface area contributed by atoms with E-state index in [2.05, 4.69) is 4.98 Å². The molecule has 8 heteroatoms. The molecule has 0 aliphatic carbocycles. The normalized spacial score (nSPS) is 11.8. The SMILES string of the molecule is CN(Cc1ccc(Cl)cc1)S(=O)(=O)c1c[nH]c(=O)c(Cl)c1. The zero-order chi connectivity index (χ0) is 15.6. The van der Waals surface area contributed by atoms with Crippen molar-refractivity contribution < 1.29 is 8.42 Å². The number of nitrogens with one attached hydrogen (secondary N) is 1. The smallest absolute Gasteiger partial charge is 0.266 e. The highest BCUT2D eigenvalue weighted by molar-refractivity contribution is 7.89. The Balaban J connectivity index is 2.27. The van der Waals surface area contributed by atoms with E-state index in [0.29, 0.717) is 5.02 Å². The largest absolute Gasteiger partial charge is 0.326 e. The maximum atomic E-state index is 12.4. The molecule has 0 saturated heterocycles. The van der Waals surface area contributed by atoms with Crippen LogP contribution in [0.25, 0.3) is 0 Å². The van der Waals surface area contributed by atoms with Crippen LogP contribution >= 0.6 is 23.2 Å². The highest BCUT2D eigenvalue weighted by atomic mass is 35.5. The van der Waals surface area contributed by atoms with Crippen molar-refractivity contribution in [2.45, 2.75) is 11.4 Å². The molecule has 0 aliphatic rings. The molecule has 0 atom stereocenters. The van der Waals surface area contributed by atoms with Crippen molar-refractivity contribution in [2.24, 2.45) is 0 Å². The molecule has 0 amide bonds. The number of H-pyrrole nitrogens is 1. The van der Waals surface area contributed by atoms with Crippen molar-refractivity contribution in [1.82, 2.24) is 9.29 Å². The number of rotatable bonds is 4. The summed E-state index contributed by atoms with van der Waals surface area (Å²) < 4.78 is 25.9. The van der Waals surface area contributed by atoms with Gasteiger partial charge in [-0.2, -0.15) is 4.31 Å². The minimum Gasteiger partial charge on any atom is -0.326 e. The van der Waals surface area contributed by atoms with Crippen LogP contribution < -0.4 is 5.56 Å². The first-order valence-corrected chi connectivity index (χ1v) is 8.09. The van der Waals surface area contributed by atoms with E-state index in [-0.39, 0.29) is 16.5 Å². The predicted octanol–water partition coefficient (Wildman–Crippen LogP) is 2.50. The van der Waals surface area contributed by atoms with Crippen LogP contribution in [0, 0.1) is 0 Å². The summed E-state index contributed by atoms with van der Waals surface area (Å²) >= 11 is 11.4. The summed E-state index contributed by atoms with van der Waals surface area (Å²) in [7, 11) is -2.29. The standard InChI is InChI=1S/C13H12Cl2N2O3S/c1-17(8-9-2-4-10(14)5-3-9)21(19,20)11-6-12(15)13(18)16-7-11/h2-7H,8H2,1H3,(H,16,18). The van der Waals surface area contributed by atoms with Gasteiger partial charge in [0.2, 0.25) is 10.0 Å². The molecule has 1 aromatic heterocycles. The third-order valence-corrected chi connectivity index (χ3v) is 5.17. The first-order valence-electron chi connectivity index (χ1n) is 5.90. The fourth-order valence-electron chi connectivity index (χ4n) is 1.70. The molecule has 0 aliphatic heterocycles. The van der Waals surface area contributed by atoms with Gasteiger partial charge in [-0.05, 0) is 23.8 Å². The molecule has 2 rings (SSSR count). The molecule has 1 aromatic carbocycles. The Morgan fingerprint density at radius 1 is 1.19 bits per heavy atom. The number of hydrogen-bond acceptors (Lipinski definition) is 3. The Hall–Kier alpha value is -1.34. The zero-order valence-corrected chi connectivity index (χ0v) is 13.3. The molecule has 0 fully saturated rings. The van der Waals surface area contributed by atoms with Crippen LogP contribution in [0.15, 0.2) is 46.2 Å². The third kappa shape index (κ3) is 3.65. The molecule has 0 spiro atoms. The lowest BCUT2D eigenvalue weighted by Gasteiger charge is -2.17. The number of aromatic nitrogens is 1. The Morgan fingerprint density at radius 3 is 2.38 bits per heavy atom. The summed E-state index contributed by atoms with van der Waals surface area (Å²) in [5.74, 6) is 0. The fourth-order valence-corrected chi connectivity index (χ4v) is 3.21. The summed E-state index contributed by atoms with van der Waals surface area (Å²) in [6, 6.07) is 8.00. The summed E-state index contributed by atoms with van der Waals surface area (Å²) in [6.45, 7) is 0.177. The van der Waals surface area contributed by atoms with Gasteiger partial charge in [-0.15, -0.1) is 0 Å². The Bertz CT molecular complexity index is 801. The van der Waals surface area contributed by atoms with E-state index in [9.17, 15) is 13.2 Å². The average Bonchev–Trinajstić information content (AvgIpc) is 2.44. The molecular formula is C13H12Cl2N2O3S. The molecule has 21 heavy (non-hydrogen) atoms. The average molecular weight is 347 g/mol. The topological polar surface area (TPSA) is 70.2 Å². The highest BCUT2D eigenvalue weighted by Gasteiger charge is 2.22. The predicted molar refractivity (Wildman–Crippen MR) is 82.2 cm³/mol. The van der Waals surface area contributed by atoms with E-state index in [1.165, 1.54) is 11.4 Å². The van der Waals surface area contributed by atoms with Gasteiger partial charge in [-0.3, -0.25) is 4.79 Å². The van der Waals surface area contributed by atoms with Crippen molar-refractivity contribution in [3.05, 3.63) is 62.5 Å². The first-order chi connectivity index (χ1) is 9.80. The van der Waals surface area contributed by atoms with Crippen LogP contribution in [-0.4, -0.2) is 24.8 Å². The lowest BCUT2D eigenvalue weighted by molar-refractivity contribution is 0.466. The van der Waals surface area contributed by atoms with Crippen molar-refractivity contribution in [1.29, 1.82) is 0 Å². The Kier molecular flexibility index (Phi) is 4.73. The minimum absolute atomic E-state index is 0.0661. The van der Waals surface area contributed by atoms with Gasteiger partial charge in [0.1, 0.15) is 5.02 Å². The van der Waals surface area contributed by atoms with Crippen molar-refractivity contribution in [3.63, 3.8) is 0 Å². The molecule has 5 nitrogen and oxygen atoms in total. The Labute approximate surface area is 132 Å². The second kappa shape index (κ2) is 6.19. The maximum absolute atomic E-state index is 12.4. The molecule has 0 unspecified atom stereocenters. The van der Waals surface area contributed by atoms with Crippen LogP contribution in [0.4, 0.5) is 0 Å². The van der Waals surface area contributed by atoms with Crippen LogP contribution in [0.3, 0.4) is 0 Å². The molecule has 112 valence electrons. The molecule has 1 heterocycles. The van der Waals surface area contributed by atoms with E-state index in [0.717, 1.165) is 17.8 Å². The van der Waals surface area contributed by atoms with Gasteiger partial charge in [-0.25, -0.2) is 8.42 Å². The number of sulfonamides is 1. The van der Waals surface area contributed by atoms with Crippen LogP contribution in [0.2, 0.25) is 10.0 Å². The summed E-state index contributed by atoms with van der Waals surface area (Å²) in [6.07, 6.45) is 1.13. The number of benzene rings is 1. The number of halogens is 2. The van der Waals surface area contributed by atoms with Crippen molar-refractivity contribution >= 4 is 33.2 Å². The molecular weight excluding hydrogens is 335 g/mol. The number of nitrogens with zero attached hydrogens (tertiary/aromatic N) is 1. The van der Waals surface area contributed by atoms with Gasteiger partial charge in [0.15, 0.2) is 0 Å². The lowest BCUT2D eigenvalue weighted by atomic mass is 10.2. The van der Waals surface area contributed by atoms with E-state index < -0.39 is 15.6 Å². The summed E-state index contributed by atoms with van der Waals surface area (Å²) in [5, 5.41) is 0.410. The number of hydrogen-bond donors (Lipinski definition) is 1. The monoisotopic (exact) mass is 346 g/mol. The minimum atomic E-state index is -3.74. The van der Waals surface area contributed by atoms with Crippen molar-refractivity contribution in [2.75, 3.05) is 7.05 Å². The van der Waals surface area contributed by atoms with E-state index in [1.54, 1.807) is 24.3 Å². The van der Waals surface area contributed by atoms with E-state index >= 15 is 0 Å². The van der Waals surface area contributed by atoms with Gasteiger partial charge in [-0.1, -0.05) is 35.3 Å².